The first-order chi connectivity index (χ1) is 59.8. The second kappa shape index (κ2) is 24.8. The van der Waals surface area contributed by atoms with Crippen molar-refractivity contribution in [2.45, 2.75) is 118 Å². The van der Waals surface area contributed by atoms with Gasteiger partial charge in [-0.2, -0.15) is 0 Å². The first kappa shape index (κ1) is 73.5. The summed E-state index contributed by atoms with van der Waals surface area (Å²) in [6, 6.07) is 71.7. The number of rotatable bonds is 10. The Morgan fingerprint density at radius 3 is 0.758 bits per heavy atom. The molecule has 0 radical (unpaired) electrons. The Labute approximate surface area is 727 Å². The summed E-state index contributed by atoms with van der Waals surface area (Å²) in [6.07, 6.45) is 0. The van der Waals surface area contributed by atoms with Gasteiger partial charge >= 0.3 is 0 Å². The van der Waals surface area contributed by atoms with E-state index in [4.69, 9.17) is 0 Å². The monoisotopic (exact) mass is 1680 g/mol. The van der Waals surface area contributed by atoms with Crippen molar-refractivity contribution >= 4 is 198 Å². The van der Waals surface area contributed by atoms with Crippen LogP contribution in [0.4, 0.5) is 0 Å². The SMILES string of the molecule is Cc1ccc(C2(c3ccc(C)cc3)c3cc4c(cc3-c3sc5cc(-c6cc7c8c(ccc9c%10ccc%11c%12c(ccc(c6c89)c%12%10)C(=O)N(C(C)C)C%11=O)C(=O)N(C(C)C)C7=O)sc5c32)C(c2ccc(C)cc2)(c2ccc(C)cc2)c2c-4sc3cc(-c4cc5c6c(ccc7c8ccc9c%10c(ccc(c4c67)c%108)C(=O)N(C(C)C)C9=O)C(=O)N(C(C)C)C5=O)sc23)cc1. The highest BCUT2D eigenvalue weighted by Crippen LogP contribution is 2.70. The van der Waals surface area contributed by atoms with Gasteiger partial charge in [-0.3, -0.25) is 58.0 Å². The number of thiophene rings is 4. The number of carbonyl (C=O) groups is 8. The van der Waals surface area contributed by atoms with Crippen LogP contribution in [0.1, 0.15) is 205 Å². The lowest BCUT2D eigenvalue weighted by atomic mass is 9.65. The van der Waals surface area contributed by atoms with E-state index in [9.17, 15) is 28.8 Å². The van der Waals surface area contributed by atoms with Gasteiger partial charge in [-0.15, -0.1) is 45.3 Å². The van der Waals surface area contributed by atoms with Crippen LogP contribution < -0.4 is 0 Å². The Morgan fingerprint density at radius 1 is 0.234 bits per heavy atom. The molecule has 0 unspecified atom stereocenters. The van der Waals surface area contributed by atoms with E-state index in [1.165, 1.54) is 19.6 Å². The fraction of sp³-hybridized carbons (Fsp3) is 0.167. The molecule has 12 nitrogen and oxygen atoms in total. The normalized spacial score (nSPS) is 15.7. The molecule has 19 aromatic rings. The van der Waals surface area contributed by atoms with Crippen molar-refractivity contribution in [1.82, 2.24) is 19.6 Å². The predicted octanol–water partition coefficient (Wildman–Crippen LogP) is 25.7. The maximum atomic E-state index is 15.5. The van der Waals surface area contributed by atoms with E-state index in [0.29, 0.717) is 66.1 Å². The molecule has 0 spiro atoms. The Kier molecular flexibility index (Phi) is 14.7. The van der Waals surface area contributed by atoms with Crippen LogP contribution in [0.2, 0.25) is 0 Å². The van der Waals surface area contributed by atoms with E-state index in [0.717, 1.165) is 192 Å². The average Bonchev–Trinajstić information content (AvgIpc) is 1.46. The average molecular weight is 1680 g/mol. The van der Waals surface area contributed by atoms with Crippen LogP contribution >= 0.6 is 45.3 Å². The summed E-state index contributed by atoms with van der Waals surface area (Å²) in [5.41, 5.74) is 19.1. The second-order valence-electron chi connectivity index (χ2n) is 36.1. The van der Waals surface area contributed by atoms with E-state index in [1.54, 1.807) is 45.3 Å². The first-order valence-electron chi connectivity index (χ1n) is 42.4. The molecule has 0 bridgehead atoms. The number of carbonyl (C=O) groups excluding carboxylic acids is 8. The highest BCUT2D eigenvalue weighted by Gasteiger charge is 2.56. The van der Waals surface area contributed by atoms with Gasteiger partial charge in [0.25, 0.3) is 47.3 Å². The maximum Gasteiger partial charge on any atom is 0.261 e. The number of amides is 8. The van der Waals surface area contributed by atoms with Gasteiger partial charge in [-0.25, -0.2) is 0 Å². The third-order valence-corrected chi connectivity index (χ3v) is 33.0. The molecule has 6 aliphatic rings. The number of benzene rings is 15. The number of hydrogen-bond acceptors (Lipinski definition) is 12. The van der Waals surface area contributed by atoms with Crippen molar-refractivity contribution in [3.8, 4) is 41.8 Å². The molecule has 15 aromatic carbocycles. The summed E-state index contributed by atoms with van der Waals surface area (Å²) < 4.78 is 4.32. The van der Waals surface area contributed by atoms with Crippen LogP contribution in [-0.2, 0) is 10.8 Å². The van der Waals surface area contributed by atoms with Crippen molar-refractivity contribution < 1.29 is 38.4 Å². The molecule has 8 amide bonds. The summed E-state index contributed by atoms with van der Waals surface area (Å²) in [6.45, 7) is 23.5. The smallest absolute Gasteiger partial charge is 0.261 e. The Balaban J connectivity index is 0.767. The molecule has 2 aliphatic carbocycles. The number of imide groups is 4. The summed E-state index contributed by atoms with van der Waals surface area (Å²) in [4.78, 5) is 130. The maximum absolute atomic E-state index is 15.5. The van der Waals surface area contributed by atoms with Crippen molar-refractivity contribution in [3.63, 3.8) is 0 Å². The van der Waals surface area contributed by atoms with Gasteiger partial charge in [0, 0.05) is 141 Å². The summed E-state index contributed by atoms with van der Waals surface area (Å²) in [5.74, 6) is -2.81. The molecule has 0 saturated carbocycles. The van der Waals surface area contributed by atoms with Gasteiger partial charge in [-0.05, 0) is 265 Å². The molecule has 25 rings (SSSR count). The molecular formula is C108H74N4O8S4. The summed E-state index contributed by atoms with van der Waals surface area (Å²) in [5, 5.41) is 12.1. The largest absolute Gasteiger partial charge is 0.272 e. The van der Waals surface area contributed by atoms with Crippen LogP contribution in [0.25, 0.3) is 147 Å². The van der Waals surface area contributed by atoms with E-state index in [2.05, 4.69) is 149 Å². The molecule has 16 heteroatoms. The zero-order valence-electron chi connectivity index (χ0n) is 69.6. The first-order valence-corrected chi connectivity index (χ1v) is 45.7. The molecule has 598 valence electrons. The van der Waals surface area contributed by atoms with Crippen molar-refractivity contribution in [1.29, 1.82) is 0 Å². The minimum absolute atomic E-state index is 0.346. The van der Waals surface area contributed by atoms with Gasteiger partial charge in [0.15, 0.2) is 0 Å². The van der Waals surface area contributed by atoms with Crippen LogP contribution in [0, 0.1) is 27.7 Å². The van der Waals surface area contributed by atoms with Gasteiger partial charge in [0.1, 0.15) is 0 Å². The third kappa shape index (κ3) is 8.90. The van der Waals surface area contributed by atoms with E-state index in [1.807, 2.05) is 140 Å². The minimum atomic E-state index is -0.948. The molecule has 0 fully saturated rings. The van der Waals surface area contributed by atoms with Crippen LogP contribution in [0.5, 0.6) is 0 Å². The fourth-order valence-electron chi connectivity index (χ4n) is 22.8. The van der Waals surface area contributed by atoms with Gasteiger partial charge in [0.05, 0.1) is 20.2 Å². The minimum Gasteiger partial charge on any atom is -0.272 e. The zero-order valence-corrected chi connectivity index (χ0v) is 72.9. The molecule has 0 saturated heterocycles. The molecular weight excluding hydrogens is 1610 g/mol. The molecule has 8 heterocycles. The lowest BCUT2D eigenvalue weighted by molar-refractivity contribution is 0.0547. The van der Waals surface area contributed by atoms with Crippen molar-refractivity contribution in [3.05, 3.63) is 318 Å². The molecule has 0 atom stereocenters. The number of aryl methyl sites for hydroxylation is 4. The highest BCUT2D eigenvalue weighted by molar-refractivity contribution is 7.32. The van der Waals surface area contributed by atoms with Crippen LogP contribution in [0.3, 0.4) is 0 Å². The highest BCUT2D eigenvalue weighted by atomic mass is 32.1. The number of nitrogens with zero attached hydrogens (tertiary/aromatic N) is 4. The van der Waals surface area contributed by atoms with Gasteiger partial charge in [-0.1, -0.05) is 156 Å². The predicted molar refractivity (Wildman–Crippen MR) is 502 cm³/mol. The summed E-state index contributed by atoms with van der Waals surface area (Å²) in [7, 11) is 0. The van der Waals surface area contributed by atoms with Crippen LogP contribution in [0.15, 0.2) is 206 Å². The third-order valence-electron chi connectivity index (χ3n) is 28.1. The van der Waals surface area contributed by atoms with Crippen molar-refractivity contribution in [2.24, 2.45) is 0 Å². The summed E-state index contributed by atoms with van der Waals surface area (Å²) >= 11 is 7.03. The zero-order chi connectivity index (χ0) is 84.8. The standard InChI is InChI=1S/C108H74N4O8S4/c1-47(2)109-99(113)65-35-29-59-61-31-37-69-89-75(105(119)111(49(5)6)103(69)117)41-73(85(91(61)89)63-33-39-67(101(109)115)87(65)83(59)63)79-45-81-97(121-79)93-95(123-81)71-43-78-72(44-77(71)107(93,55-21-13-51(9)14-22-55)56-23-15-52(10)16-24-56)96-94(108(78,57-25-17-53(11)18-26-57)58-27-19-54(12)20-28-58)98-82(124-96)46-80(122-98)74-42-76-90-70(104(118)112(50(7)8)106(76)120)38-32-62-60-30-36-66-88-68(102(116)110(48(3)4)100(66)114)40-34-64(84(60)88)86(74)92(62)90/h13-50H,1-12H3. The number of hydrogen-bond donors (Lipinski definition) is 0. The molecule has 0 N–H and O–H groups in total. The number of fused-ring (bicyclic) bond motifs is 14. The van der Waals surface area contributed by atoms with E-state index < -0.39 is 22.9 Å². The van der Waals surface area contributed by atoms with E-state index in [-0.39, 0.29) is 59.3 Å². The van der Waals surface area contributed by atoms with E-state index >= 15 is 9.59 Å². The lowest BCUT2D eigenvalue weighted by Gasteiger charge is -2.35. The molecule has 124 heavy (non-hydrogen) atoms. The Bertz CT molecular complexity index is 7730. The lowest BCUT2D eigenvalue weighted by Crippen LogP contribution is -2.44. The quantitative estimate of drug-likeness (QED) is 0.0746. The van der Waals surface area contributed by atoms with Gasteiger partial charge < -0.3 is 0 Å². The fourth-order valence-corrected chi connectivity index (χ4v) is 28.4. The topological polar surface area (TPSA) is 150 Å². The molecule has 4 aromatic heterocycles. The Hall–Kier alpha value is -13.2. The van der Waals surface area contributed by atoms with Gasteiger partial charge in [0.2, 0.25) is 0 Å². The molecule has 4 aliphatic heterocycles. The Morgan fingerprint density at radius 2 is 0.484 bits per heavy atom. The van der Waals surface area contributed by atoms with Crippen molar-refractivity contribution in [2.75, 3.05) is 0 Å². The second-order valence-corrected chi connectivity index (χ2v) is 40.3. The van der Waals surface area contributed by atoms with Crippen LogP contribution in [-0.4, -0.2) is 91.0 Å².